The lowest BCUT2D eigenvalue weighted by molar-refractivity contribution is -0.142. The van der Waals surface area contributed by atoms with E-state index in [1.165, 1.54) is 8.61 Å². The molecule has 0 spiro atoms. The summed E-state index contributed by atoms with van der Waals surface area (Å²) in [5, 5.41) is 30.4. The van der Waals surface area contributed by atoms with Gasteiger partial charge >= 0.3 is 13.1 Å². The quantitative estimate of drug-likeness (QED) is 0.352. The highest BCUT2D eigenvalue weighted by atomic mass is 32.2. The summed E-state index contributed by atoms with van der Waals surface area (Å²) in [4.78, 5) is 11.5. The van der Waals surface area contributed by atoms with Crippen LogP contribution >= 0.6 is 0 Å². The van der Waals surface area contributed by atoms with Gasteiger partial charge in [0.05, 0.1) is 12.0 Å². The Kier molecular flexibility index (Phi) is 7.24. The molecule has 2 heterocycles. The van der Waals surface area contributed by atoms with Gasteiger partial charge in [-0.2, -0.15) is 17.0 Å². The number of rotatable bonds is 10. The van der Waals surface area contributed by atoms with Crippen molar-refractivity contribution in [2.24, 2.45) is 11.8 Å². The zero-order valence-electron chi connectivity index (χ0n) is 14.5. The van der Waals surface area contributed by atoms with E-state index < -0.39 is 29.2 Å². The van der Waals surface area contributed by atoms with Crippen molar-refractivity contribution in [3.05, 3.63) is 0 Å². The van der Waals surface area contributed by atoms with Gasteiger partial charge in [-0.15, -0.1) is 0 Å². The van der Waals surface area contributed by atoms with Crippen LogP contribution in [0.4, 0.5) is 0 Å². The van der Waals surface area contributed by atoms with Crippen LogP contribution in [-0.2, 0) is 15.0 Å². The number of nitrogens with zero attached hydrogens (tertiary/aromatic N) is 2. The molecule has 2 unspecified atom stereocenters. The second-order valence-electron chi connectivity index (χ2n) is 6.86. The van der Waals surface area contributed by atoms with E-state index in [0.717, 1.165) is 0 Å². The van der Waals surface area contributed by atoms with E-state index in [0.29, 0.717) is 38.9 Å². The number of carboxylic acid groups (broad SMARTS) is 1. The second-order valence-corrected chi connectivity index (χ2v) is 8.74. The SMILES string of the molecule is CCCN(C1CNC1)S(=O)(=O)N1CC(CCCB(O)O)C(C(=O)O)C1. The van der Waals surface area contributed by atoms with Crippen LogP contribution in [0.2, 0.25) is 6.32 Å². The molecule has 0 aromatic rings. The van der Waals surface area contributed by atoms with Gasteiger partial charge in [0.15, 0.2) is 0 Å². The third kappa shape index (κ3) is 4.92. The van der Waals surface area contributed by atoms with E-state index in [1.54, 1.807) is 0 Å². The molecule has 2 fully saturated rings. The van der Waals surface area contributed by atoms with E-state index in [2.05, 4.69) is 5.32 Å². The largest absolute Gasteiger partial charge is 0.481 e. The minimum atomic E-state index is -3.70. The number of carboxylic acids is 1. The summed E-state index contributed by atoms with van der Waals surface area (Å²) >= 11 is 0. The molecule has 0 radical (unpaired) electrons. The molecule has 0 aromatic heterocycles. The number of aliphatic carboxylic acids is 1. The maximum absolute atomic E-state index is 13.0. The number of hydrogen-bond acceptors (Lipinski definition) is 6. The molecule has 2 rings (SSSR count). The molecule has 25 heavy (non-hydrogen) atoms. The van der Waals surface area contributed by atoms with Crippen LogP contribution in [0.3, 0.4) is 0 Å². The molecule has 0 saturated carbocycles. The van der Waals surface area contributed by atoms with Gasteiger partial charge in [-0.3, -0.25) is 4.79 Å². The molecule has 11 heteroatoms. The Morgan fingerprint density at radius 3 is 2.48 bits per heavy atom. The van der Waals surface area contributed by atoms with Crippen molar-refractivity contribution < 1.29 is 28.4 Å². The molecule has 2 aliphatic rings. The van der Waals surface area contributed by atoms with Crippen LogP contribution < -0.4 is 5.32 Å². The average molecular weight is 377 g/mol. The van der Waals surface area contributed by atoms with Crippen molar-refractivity contribution in [2.45, 2.75) is 38.5 Å². The Morgan fingerprint density at radius 2 is 2.00 bits per heavy atom. The predicted molar refractivity (Wildman–Crippen MR) is 93.0 cm³/mol. The molecule has 0 aliphatic carbocycles. The fourth-order valence-electron chi connectivity index (χ4n) is 3.49. The van der Waals surface area contributed by atoms with Crippen LogP contribution in [0.25, 0.3) is 0 Å². The Balaban J connectivity index is 2.08. The minimum Gasteiger partial charge on any atom is -0.481 e. The first-order valence-corrected chi connectivity index (χ1v) is 10.2. The number of hydrogen-bond donors (Lipinski definition) is 4. The summed E-state index contributed by atoms with van der Waals surface area (Å²) < 4.78 is 28.8. The van der Waals surface area contributed by atoms with Crippen molar-refractivity contribution in [3.8, 4) is 0 Å². The summed E-state index contributed by atoms with van der Waals surface area (Å²) in [6.07, 6.45) is 1.76. The molecule has 0 amide bonds. The summed E-state index contributed by atoms with van der Waals surface area (Å²) in [5.41, 5.74) is 0. The molecule has 4 N–H and O–H groups in total. The molecular formula is C14H28BN3O6S. The van der Waals surface area contributed by atoms with Gasteiger partial charge in [-0.25, -0.2) is 0 Å². The molecule has 144 valence electrons. The van der Waals surface area contributed by atoms with Crippen LogP contribution in [0.1, 0.15) is 26.2 Å². The number of carbonyl (C=O) groups is 1. The van der Waals surface area contributed by atoms with Crippen LogP contribution in [0, 0.1) is 11.8 Å². The molecule has 9 nitrogen and oxygen atoms in total. The molecule has 0 bridgehead atoms. The maximum atomic E-state index is 13.0. The highest BCUT2D eigenvalue weighted by molar-refractivity contribution is 7.86. The highest BCUT2D eigenvalue weighted by Gasteiger charge is 2.45. The lowest BCUT2D eigenvalue weighted by atomic mass is 9.80. The summed E-state index contributed by atoms with van der Waals surface area (Å²) in [6.45, 7) is 3.72. The summed E-state index contributed by atoms with van der Waals surface area (Å²) in [6, 6.07) is -0.0724. The first-order chi connectivity index (χ1) is 11.8. The van der Waals surface area contributed by atoms with Gasteiger partial charge < -0.3 is 20.5 Å². The van der Waals surface area contributed by atoms with Crippen molar-refractivity contribution in [1.82, 2.24) is 13.9 Å². The highest BCUT2D eigenvalue weighted by Crippen LogP contribution is 2.32. The second kappa shape index (κ2) is 8.78. The summed E-state index contributed by atoms with van der Waals surface area (Å²) in [7, 11) is -5.12. The third-order valence-corrected chi connectivity index (χ3v) is 7.02. The predicted octanol–water partition coefficient (Wildman–Crippen LogP) is -1.20. The number of nitrogens with one attached hydrogen (secondary N) is 1. The zero-order valence-corrected chi connectivity index (χ0v) is 15.4. The third-order valence-electron chi connectivity index (χ3n) is 5.00. The Bertz CT molecular complexity index is 557. The van der Waals surface area contributed by atoms with Crippen LogP contribution in [0.5, 0.6) is 0 Å². The first-order valence-electron chi connectivity index (χ1n) is 8.84. The molecule has 2 atom stereocenters. The smallest absolute Gasteiger partial charge is 0.451 e. The van der Waals surface area contributed by atoms with Crippen molar-refractivity contribution in [2.75, 3.05) is 32.7 Å². The van der Waals surface area contributed by atoms with Gasteiger partial charge in [0.1, 0.15) is 0 Å². The summed E-state index contributed by atoms with van der Waals surface area (Å²) in [5.74, 6) is -2.07. The normalized spacial score (nSPS) is 25.3. The van der Waals surface area contributed by atoms with Gasteiger partial charge in [0.25, 0.3) is 10.2 Å². The van der Waals surface area contributed by atoms with E-state index in [9.17, 15) is 18.3 Å². The topological polar surface area (TPSA) is 130 Å². The Morgan fingerprint density at radius 1 is 1.32 bits per heavy atom. The van der Waals surface area contributed by atoms with E-state index in [1.807, 2.05) is 6.92 Å². The van der Waals surface area contributed by atoms with Gasteiger partial charge in [0.2, 0.25) is 0 Å². The molecule has 2 aliphatic heterocycles. The Labute approximate surface area is 149 Å². The van der Waals surface area contributed by atoms with E-state index in [4.69, 9.17) is 10.0 Å². The molecule has 2 saturated heterocycles. The van der Waals surface area contributed by atoms with Gasteiger partial charge in [-0.1, -0.05) is 13.3 Å². The van der Waals surface area contributed by atoms with Crippen molar-refractivity contribution in [3.63, 3.8) is 0 Å². The molecular weight excluding hydrogens is 349 g/mol. The molecule has 0 aromatic carbocycles. The standard InChI is InChI=1S/C14H28BN3O6S/c1-2-6-18(12-7-16-8-12)25(23,24)17-9-11(4-3-5-15(21)22)13(10-17)14(19)20/h11-13,16,21-22H,2-10H2,1H3,(H,19,20). The first kappa shape index (κ1) is 20.6. The van der Waals surface area contributed by atoms with Gasteiger partial charge in [-0.05, 0) is 25.1 Å². The lowest BCUT2D eigenvalue weighted by Crippen LogP contribution is -2.61. The van der Waals surface area contributed by atoms with E-state index in [-0.39, 0.29) is 31.4 Å². The maximum Gasteiger partial charge on any atom is 0.451 e. The van der Waals surface area contributed by atoms with E-state index >= 15 is 0 Å². The average Bonchev–Trinajstić information content (AvgIpc) is 2.89. The van der Waals surface area contributed by atoms with Crippen molar-refractivity contribution in [1.29, 1.82) is 0 Å². The lowest BCUT2D eigenvalue weighted by Gasteiger charge is -2.39. The fourth-order valence-corrected chi connectivity index (χ4v) is 5.45. The van der Waals surface area contributed by atoms with Crippen LogP contribution in [-0.4, -0.2) is 84.0 Å². The minimum absolute atomic E-state index is 0.0234. The Hall–Kier alpha value is -0.715. The van der Waals surface area contributed by atoms with Crippen LogP contribution in [0.15, 0.2) is 0 Å². The van der Waals surface area contributed by atoms with Crippen molar-refractivity contribution >= 4 is 23.3 Å². The van der Waals surface area contributed by atoms with Gasteiger partial charge in [0, 0.05) is 32.7 Å². The monoisotopic (exact) mass is 377 g/mol. The fraction of sp³-hybridized carbons (Fsp3) is 0.929. The zero-order chi connectivity index (χ0) is 18.6.